The highest BCUT2D eigenvalue weighted by atomic mass is 16.5. The zero-order chi connectivity index (χ0) is 15.4. The molecule has 2 heterocycles. The maximum Gasteiger partial charge on any atom is 0.337 e. The zero-order valence-electron chi connectivity index (χ0n) is 12.5. The molecule has 5 nitrogen and oxygen atoms in total. The highest BCUT2D eigenvalue weighted by molar-refractivity contribution is 5.88. The summed E-state index contributed by atoms with van der Waals surface area (Å²) in [6.07, 6.45) is 4.94. The van der Waals surface area contributed by atoms with Gasteiger partial charge in [0.2, 0.25) is 0 Å². The molecule has 0 aliphatic carbocycles. The molecule has 114 valence electrons. The van der Waals surface area contributed by atoms with E-state index in [4.69, 9.17) is 9.47 Å². The molecule has 22 heavy (non-hydrogen) atoms. The first-order chi connectivity index (χ1) is 10.7. The minimum atomic E-state index is -0.317. The predicted octanol–water partition coefficient (Wildman–Crippen LogP) is 2.82. The summed E-state index contributed by atoms with van der Waals surface area (Å²) in [7, 11) is 1.86. The lowest BCUT2D eigenvalue weighted by atomic mass is 10.1. The minimum Gasteiger partial charge on any atom is -0.501 e. The second-order valence-corrected chi connectivity index (χ2v) is 5.24. The Morgan fingerprint density at radius 1 is 1.36 bits per heavy atom. The van der Waals surface area contributed by atoms with Gasteiger partial charge in [0.1, 0.15) is 6.61 Å². The number of hydrogen-bond donors (Lipinski definition) is 0. The van der Waals surface area contributed by atoms with Crippen LogP contribution < -0.4 is 0 Å². The molecule has 0 spiro atoms. The van der Waals surface area contributed by atoms with Crippen LogP contribution in [0.1, 0.15) is 18.4 Å². The van der Waals surface area contributed by atoms with Crippen LogP contribution in [-0.2, 0) is 27.9 Å². The molecule has 0 amide bonds. The van der Waals surface area contributed by atoms with Crippen LogP contribution >= 0.6 is 0 Å². The van der Waals surface area contributed by atoms with Gasteiger partial charge in [0.05, 0.1) is 24.1 Å². The lowest BCUT2D eigenvalue weighted by Crippen LogP contribution is -2.12. The van der Waals surface area contributed by atoms with Crippen LogP contribution in [0.15, 0.2) is 48.4 Å². The molecule has 0 saturated carbocycles. The third-order valence-corrected chi connectivity index (χ3v) is 3.51. The Morgan fingerprint density at radius 2 is 2.18 bits per heavy atom. The second kappa shape index (κ2) is 6.47. The van der Waals surface area contributed by atoms with E-state index in [2.05, 4.69) is 5.10 Å². The van der Waals surface area contributed by atoms with Gasteiger partial charge in [-0.05, 0) is 12.8 Å². The predicted molar refractivity (Wildman–Crippen MR) is 81.7 cm³/mol. The van der Waals surface area contributed by atoms with Crippen LogP contribution in [0, 0.1) is 0 Å². The van der Waals surface area contributed by atoms with Gasteiger partial charge in [-0.25, -0.2) is 4.79 Å². The van der Waals surface area contributed by atoms with Crippen LogP contribution in [0.3, 0.4) is 0 Å². The van der Waals surface area contributed by atoms with Gasteiger partial charge in [-0.3, -0.25) is 4.68 Å². The summed E-state index contributed by atoms with van der Waals surface area (Å²) in [5, 5.41) is 4.46. The van der Waals surface area contributed by atoms with E-state index in [1.165, 1.54) is 6.26 Å². The van der Waals surface area contributed by atoms with Crippen LogP contribution in [0.2, 0.25) is 0 Å². The molecule has 1 aromatic carbocycles. The Kier molecular flexibility index (Phi) is 4.23. The monoisotopic (exact) mass is 298 g/mol. The second-order valence-electron chi connectivity index (χ2n) is 5.24. The Balaban J connectivity index is 1.73. The van der Waals surface area contributed by atoms with E-state index in [1.54, 1.807) is 4.68 Å². The van der Waals surface area contributed by atoms with Crippen molar-refractivity contribution in [3.8, 4) is 11.3 Å². The summed E-state index contributed by atoms with van der Waals surface area (Å²) in [4.78, 5) is 12.0. The zero-order valence-corrected chi connectivity index (χ0v) is 12.5. The van der Waals surface area contributed by atoms with Crippen molar-refractivity contribution in [1.82, 2.24) is 9.78 Å². The molecular weight excluding hydrogens is 280 g/mol. The van der Waals surface area contributed by atoms with Gasteiger partial charge in [0.25, 0.3) is 0 Å². The van der Waals surface area contributed by atoms with Crippen molar-refractivity contribution in [2.75, 3.05) is 6.61 Å². The van der Waals surface area contributed by atoms with Crippen molar-refractivity contribution in [3.63, 3.8) is 0 Å². The summed E-state index contributed by atoms with van der Waals surface area (Å²) in [6.45, 7) is 0.867. The normalized spacial score (nSPS) is 14.1. The standard InChI is InChI=1S/C17H18N2O3/c1-19-10-15(16(18-19)13-6-3-2-4-7-13)12-22-17(20)14-8-5-9-21-11-14/h2-4,6-7,10-11H,5,8-9,12H2,1H3. The Bertz CT molecular complexity index is 689. The number of carbonyl (C=O) groups is 1. The van der Waals surface area contributed by atoms with E-state index in [0.29, 0.717) is 18.6 Å². The average Bonchev–Trinajstić information content (AvgIpc) is 2.95. The molecule has 3 rings (SSSR count). The number of aryl methyl sites for hydroxylation is 1. The molecule has 1 aromatic heterocycles. The van der Waals surface area contributed by atoms with E-state index in [0.717, 1.165) is 23.2 Å². The van der Waals surface area contributed by atoms with Crippen LogP contribution in [0.5, 0.6) is 0 Å². The van der Waals surface area contributed by atoms with Crippen LogP contribution in [-0.4, -0.2) is 22.4 Å². The fraction of sp³-hybridized carbons (Fsp3) is 0.294. The van der Waals surface area contributed by atoms with E-state index < -0.39 is 0 Å². The molecule has 0 bridgehead atoms. The molecule has 0 fully saturated rings. The van der Waals surface area contributed by atoms with Crippen LogP contribution in [0.4, 0.5) is 0 Å². The van der Waals surface area contributed by atoms with Gasteiger partial charge in [-0.15, -0.1) is 0 Å². The summed E-state index contributed by atoms with van der Waals surface area (Å²) < 4.78 is 12.3. The molecule has 0 atom stereocenters. The molecule has 0 N–H and O–H groups in total. The van der Waals surface area contributed by atoms with Gasteiger partial charge >= 0.3 is 5.97 Å². The first-order valence-corrected chi connectivity index (χ1v) is 7.30. The van der Waals surface area contributed by atoms with Crippen molar-refractivity contribution in [2.45, 2.75) is 19.4 Å². The van der Waals surface area contributed by atoms with Crippen molar-refractivity contribution < 1.29 is 14.3 Å². The smallest absolute Gasteiger partial charge is 0.337 e. The molecule has 2 aromatic rings. The average molecular weight is 298 g/mol. The Hall–Kier alpha value is -2.56. The summed E-state index contributed by atoms with van der Waals surface area (Å²) >= 11 is 0. The van der Waals surface area contributed by atoms with Crippen molar-refractivity contribution >= 4 is 5.97 Å². The topological polar surface area (TPSA) is 53.4 Å². The minimum absolute atomic E-state index is 0.203. The largest absolute Gasteiger partial charge is 0.501 e. The van der Waals surface area contributed by atoms with Crippen molar-refractivity contribution in [3.05, 3.63) is 53.9 Å². The summed E-state index contributed by atoms with van der Waals surface area (Å²) in [5.41, 5.74) is 3.33. The van der Waals surface area contributed by atoms with Gasteiger partial charge in [0.15, 0.2) is 0 Å². The van der Waals surface area contributed by atoms with E-state index >= 15 is 0 Å². The maximum absolute atomic E-state index is 12.0. The lowest BCUT2D eigenvalue weighted by molar-refractivity contribution is -0.140. The first kappa shape index (κ1) is 14.4. The molecule has 5 heteroatoms. The molecule has 0 unspecified atom stereocenters. The van der Waals surface area contributed by atoms with E-state index in [-0.39, 0.29) is 12.6 Å². The van der Waals surface area contributed by atoms with Crippen LogP contribution in [0.25, 0.3) is 11.3 Å². The molecule has 1 aliphatic heterocycles. The number of esters is 1. The van der Waals surface area contributed by atoms with Crippen molar-refractivity contribution in [1.29, 1.82) is 0 Å². The number of hydrogen-bond acceptors (Lipinski definition) is 4. The fourth-order valence-electron chi connectivity index (χ4n) is 2.43. The number of ether oxygens (including phenoxy) is 2. The third-order valence-electron chi connectivity index (χ3n) is 3.51. The highest BCUT2D eigenvalue weighted by Gasteiger charge is 2.17. The van der Waals surface area contributed by atoms with Gasteiger partial charge in [0, 0.05) is 24.4 Å². The van der Waals surface area contributed by atoms with Gasteiger partial charge in [-0.1, -0.05) is 30.3 Å². The van der Waals surface area contributed by atoms with Crippen molar-refractivity contribution in [2.24, 2.45) is 7.05 Å². The quantitative estimate of drug-likeness (QED) is 0.814. The highest BCUT2D eigenvalue weighted by Crippen LogP contribution is 2.23. The Labute approximate surface area is 129 Å². The van der Waals surface area contributed by atoms with E-state index in [9.17, 15) is 4.79 Å². The SMILES string of the molecule is Cn1cc(COC(=O)C2=COCCC2)c(-c2ccccc2)n1. The molecular formula is C17H18N2O3. The number of carbonyl (C=O) groups excluding carboxylic acids is 1. The number of nitrogens with zero attached hydrogens (tertiary/aromatic N) is 2. The molecule has 1 aliphatic rings. The lowest BCUT2D eigenvalue weighted by Gasteiger charge is -2.12. The number of benzene rings is 1. The third kappa shape index (κ3) is 3.19. The summed E-state index contributed by atoms with van der Waals surface area (Å²) in [6, 6.07) is 9.87. The fourth-order valence-corrected chi connectivity index (χ4v) is 2.43. The Morgan fingerprint density at radius 3 is 2.91 bits per heavy atom. The maximum atomic E-state index is 12.0. The van der Waals surface area contributed by atoms with Gasteiger partial charge in [-0.2, -0.15) is 5.10 Å². The number of aromatic nitrogens is 2. The molecule has 0 saturated heterocycles. The summed E-state index contributed by atoms with van der Waals surface area (Å²) in [5.74, 6) is -0.317. The first-order valence-electron chi connectivity index (χ1n) is 7.30. The number of rotatable bonds is 4. The molecule has 0 radical (unpaired) electrons. The van der Waals surface area contributed by atoms with E-state index in [1.807, 2.05) is 43.6 Å². The van der Waals surface area contributed by atoms with Gasteiger partial charge < -0.3 is 9.47 Å².